The highest BCUT2D eigenvalue weighted by Crippen LogP contribution is 1.70. The molecule has 0 unspecified atom stereocenters. The van der Waals surface area contributed by atoms with E-state index in [9.17, 15) is 4.79 Å². The molecule has 0 rings (SSSR count). The fourth-order valence-electron chi connectivity index (χ4n) is 0.117. The zero-order valence-corrected chi connectivity index (χ0v) is 7.06. The summed E-state index contributed by atoms with van der Waals surface area (Å²) in [4.78, 5) is 9.75. The molecule has 0 saturated carbocycles. The van der Waals surface area contributed by atoms with Gasteiger partial charge in [-0.3, -0.25) is 4.79 Å². The van der Waals surface area contributed by atoms with E-state index in [2.05, 4.69) is 24.5 Å². The number of aliphatic hydroxyl groups excluding tert-OH is 2. The van der Waals surface area contributed by atoms with Crippen molar-refractivity contribution >= 4 is 5.97 Å². The van der Waals surface area contributed by atoms with E-state index in [1.807, 2.05) is 0 Å². The van der Waals surface area contributed by atoms with Crippen LogP contribution < -0.4 is 0 Å². The van der Waals surface area contributed by atoms with Crippen molar-refractivity contribution in [2.75, 3.05) is 0 Å². The summed E-state index contributed by atoms with van der Waals surface area (Å²) in [7, 11) is 0. The summed E-state index contributed by atoms with van der Waals surface area (Å²) in [6, 6.07) is 0. The highest BCUT2D eigenvalue weighted by molar-refractivity contribution is 5.66. The Labute approximate surface area is 72.1 Å². The molecule has 0 fully saturated rings. The van der Waals surface area contributed by atoms with Gasteiger partial charge < -0.3 is 14.9 Å². The van der Waals surface area contributed by atoms with Gasteiger partial charge in [0.25, 0.3) is 0 Å². The lowest BCUT2D eigenvalue weighted by Gasteiger charge is -1.83. The number of carbonyl (C=O) groups is 1. The number of hydrogen-bond donors (Lipinski definition) is 2. The molecule has 12 heavy (non-hydrogen) atoms. The molecule has 0 aromatic rings. The largest absolute Gasteiger partial charge is 0.516 e. The predicted molar refractivity (Wildman–Crippen MR) is 47.6 cm³/mol. The smallest absolute Gasteiger partial charge is 0.307 e. The van der Waals surface area contributed by atoms with Crippen molar-refractivity contribution in [2.24, 2.45) is 0 Å². The molecule has 2 N–H and O–H groups in total. The second-order valence-electron chi connectivity index (χ2n) is 1.14. The molecule has 0 aromatic carbocycles. The number of ether oxygens (including phenoxy) is 1. The molecule has 0 saturated heterocycles. The average Bonchev–Trinajstić information content (AvgIpc) is 1.89. The summed E-state index contributed by atoms with van der Waals surface area (Å²) < 4.78 is 4.17. The van der Waals surface area contributed by atoms with Crippen LogP contribution in [-0.2, 0) is 9.53 Å². The number of rotatable bonds is 1. The molecule has 0 aromatic heterocycles. The Morgan fingerprint density at radius 1 is 1.25 bits per heavy atom. The van der Waals surface area contributed by atoms with Crippen LogP contribution >= 0.6 is 0 Å². The second kappa shape index (κ2) is 22.8. The Morgan fingerprint density at radius 2 is 1.50 bits per heavy atom. The zero-order chi connectivity index (χ0) is 10.4. The maximum Gasteiger partial charge on any atom is 0.307 e. The van der Waals surface area contributed by atoms with Crippen LogP contribution in [0.4, 0.5) is 0 Å². The number of carbonyl (C=O) groups excluding carboxylic acids is 1. The molecule has 0 spiro atoms. The average molecular weight is 174 g/mol. The monoisotopic (exact) mass is 174 g/mol. The van der Waals surface area contributed by atoms with Crippen LogP contribution in [0.5, 0.6) is 0 Å². The van der Waals surface area contributed by atoms with E-state index in [1.165, 1.54) is 6.92 Å². The minimum absolute atomic E-state index is 0.329. The first-order valence-corrected chi connectivity index (χ1v) is 2.89. The molecule has 0 heterocycles. The third kappa shape index (κ3) is 265. The van der Waals surface area contributed by atoms with E-state index in [0.717, 1.165) is 18.8 Å². The summed E-state index contributed by atoms with van der Waals surface area (Å²) in [5.74, 6) is -0.329. The van der Waals surface area contributed by atoms with Gasteiger partial charge in [0, 0.05) is 6.92 Å². The number of hydrogen-bond acceptors (Lipinski definition) is 4. The van der Waals surface area contributed by atoms with Gasteiger partial charge in [-0.25, -0.2) is 0 Å². The molecule has 4 heteroatoms. The quantitative estimate of drug-likeness (QED) is 0.471. The second-order valence-corrected chi connectivity index (χ2v) is 1.14. The summed E-state index contributed by atoms with van der Waals surface area (Å²) >= 11 is 0. The Morgan fingerprint density at radius 3 is 1.50 bits per heavy atom. The summed E-state index contributed by atoms with van der Waals surface area (Å²) in [6.45, 7) is 10.3. The van der Waals surface area contributed by atoms with Gasteiger partial charge in [0.15, 0.2) is 0 Å². The maximum atomic E-state index is 9.75. The first kappa shape index (κ1) is 16.7. The van der Waals surface area contributed by atoms with Gasteiger partial charge in [-0.2, -0.15) is 0 Å². The number of esters is 1. The van der Waals surface area contributed by atoms with E-state index in [-0.39, 0.29) is 5.97 Å². The van der Waals surface area contributed by atoms with Crippen molar-refractivity contribution in [2.45, 2.75) is 6.92 Å². The molecule has 0 aliphatic rings. The molecule has 0 amide bonds. The first-order chi connectivity index (χ1) is 5.60. The first-order valence-electron chi connectivity index (χ1n) is 2.89. The van der Waals surface area contributed by atoms with Gasteiger partial charge in [-0.05, 0) is 0 Å². The van der Waals surface area contributed by atoms with Crippen molar-refractivity contribution < 1.29 is 19.7 Å². The zero-order valence-electron chi connectivity index (χ0n) is 7.06. The Hall–Kier alpha value is -1.71. The lowest BCUT2D eigenvalue weighted by Crippen LogP contribution is -1.87. The highest BCUT2D eigenvalue weighted by atomic mass is 16.5. The van der Waals surface area contributed by atoms with Crippen molar-refractivity contribution in [1.29, 1.82) is 0 Å². The van der Waals surface area contributed by atoms with E-state index in [0.29, 0.717) is 0 Å². The Balaban J connectivity index is -0.000000115. The van der Waals surface area contributed by atoms with Crippen LogP contribution in [0.2, 0.25) is 0 Å². The standard InChI is InChI=1S/C4H6O2.2C2H4O/c1-3-6-4(2)5;2*1-2-3/h3H,1H2,2H3;2*2-3H,1H2. The SMILES string of the molecule is C=CO.C=CO.C=COC(C)=O. The van der Waals surface area contributed by atoms with Crippen LogP contribution in [0.15, 0.2) is 38.5 Å². The summed E-state index contributed by atoms with van der Waals surface area (Å²) in [5.41, 5.74) is 0. The molecule has 0 aliphatic heterocycles. The van der Waals surface area contributed by atoms with Gasteiger partial charge in [0.05, 0.1) is 18.8 Å². The Bertz CT molecular complexity index is 123. The van der Waals surface area contributed by atoms with Crippen molar-refractivity contribution in [3.8, 4) is 0 Å². The topological polar surface area (TPSA) is 66.8 Å². The lowest BCUT2D eigenvalue weighted by molar-refractivity contribution is -0.135. The molecule has 4 nitrogen and oxygen atoms in total. The summed E-state index contributed by atoms with van der Waals surface area (Å²) in [5, 5.41) is 14.7. The molecule has 70 valence electrons. The molecule has 0 atom stereocenters. The third-order valence-corrected chi connectivity index (χ3v) is 0.249. The molecule has 0 bridgehead atoms. The highest BCUT2D eigenvalue weighted by Gasteiger charge is 1.79. The van der Waals surface area contributed by atoms with Gasteiger partial charge in [-0.15, -0.1) is 0 Å². The minimum Gasteiger partial charge on any atom is -0.516 e. The number of aliphatic hydroxyl groups is 2. The van der Waals surface area contributed by atoms with Gasteiger partial charge in [0.1, 0.15) is 0 Å². The van der Waals surface area contributed by atoms with E-state index in [4.69, 9.17) is 10.2 Å². The van der Waals surface area contributed by atoms with E-state index in [1.54, 1.807) is 0 Å². The van der Waals surface area contributed by atoms with Gasteiger partial charge >= 0.3 is 5.97 Å². The maximum absolute atomic E-state index is 9.75. The van der Waals surface area contributed by atoms with Crippen LogP contribution in [0.3, 0.4) is 0 Å². The fraction of sp³-hybridized carbons (Fsp3) is 0.125. The van der Waals surface area contributed by atoms with E-state index < -0.39 is 0 Å². The third-order valence-electron chi connectivity index (χ3n) is 0.249. The minimum atomic E-state index is -0.329. The Kier molecular flexibility index (Phi) is 31.8. The van der Waals surface area contributed by atoms with Crippen molar-refractivity contribution in [3.63, 3.8) is 0 Å². The molecule has 0 radical (unpaired) electrons. The lowest BCUT2D eigenvalue weighted by atomic mass is 10.8. The van der Waals surface area contributed by atoms with Crippen LogP contribution in [0.25, 0.3) is 0 Å². The molecular formula is C8H14O4. The summed E-state index contributed by atoms with van der Waals surface area (Å²) in [6.07, 6.45) is 2.60. The van der Waals surface area contributed by atoms with Crippen LogP contribution in [0, 0.1) is 0 Å². The van der Waals surface area contributed by atoms with Crippen LogP contribution in [-0.4, -0.2) is 16.2 Å². The van der Waals surface area contributed by atoms with Crippen LogP contribution in [0.1, 0.15) is 6.92 Å². The van der Waals surface area contributed by atoms with Crippen molar-refractivity contribution in [3.05, 3.63) is 38.5 Å². The van der Waals surface area contributed by atoms with Crippen molar-refractivity contribution in [1.82, 2.24) is 0 Å². The fourth-order valence-corrected chi connectivity index (χ4v) is 0.117. The van der Waals surface area contributed by atoms with Gasteiger partial charge in [0.2, 0.25) is 0 Å². The molecule has 0 aliphatic carbocycles. The predicted octanol–water partition coefficient (Wildman–Crippen LogP) is 2.07. The van der Waals surface area contributed by atoms with Gasteiger partial charge in [-0.1, -0.05) is 19.7 Å². The normalized spacial score (nSPS) is 5.42. The van der Waals surface area contributed by atoms with E-state index >= 15 is 0 Å². The molecular weight excluding hydrogens is 160 g/mol.